The molecule has 2 nitrogen and oxygen atoms in total. The smallest absolute Gasteiger partial charge is 0.0709 e. The van der Waals surface area contributed by atoms with Gasteiger partial charge in [0.25, 0.3) is 0 Å². The number of thiophene rings is 1. The standard InChI is InChI=1S/C45H30N2S/c1-3-10-31(11-4-1)32-17-22-37(23-18-32)47(43-16-8-7-15-39(43)34-12-5-2-6-13-34)38-24-19-33(20-25-38)35-21-26-44-40(28-35)41-30-42-36(14-9-27-46-42)29-45(41)48-44/h1-30H. The van der Waals surface area contributed by atoms with Crippen molar-refractivity contribution in [2.75, 3.05) is 4.90 Å². The normalized spacial score (nSPS) is 11.3. The van der Waals surface area contributed by atoms with Gasteiger partial charge in [0.1, 0.15) is 0 Å². The first-order valence-electron chi connectivity index (χ1n) is 16.2. The van der Waals surface area contributed by atoms with E-state index in [0.717, 1.165) is 22.6 Å². The van der Waals surface area contributed by atoms with E-state index in [1.165, 1.54) is 58.9 Å². The number of rotatable bonds is 6. The summed E-state index contributed by atoms with van der Waals surface area (Å²) in [7, 11) is 0. The minimum absolute atomic E-state index is 1.03. The molecule has 7 aromatic carbocycles. The fourth-order valence-electron chi connectivity index (χ4n) is 6.72. The fourth-order valence-corrected chi connectivity index (χ4v) is 7.83. The molecular weight excluding hydrogens is 601 g/mol. The van der Waals surface area contributed by atoms with Crippen LogP contribution in [0.15, 0.2) is 182 Å². The molecule has 2 heterocycles. The Morgan fingerprint density at radius 1 is 0.417 bits per heavy atom. The highest BCUT2D eigenvalue weighted by molar-refractivity contribution is 7.25. The number of benzene rings is 7. The molecule has 0 spiro atoms. The van der Waals surface area contributed by atoms with E-state index in [2.05, 4.69) is 180 Å². The lowest BCUT2D eigenvalue weighted by Crippen LogP contribution is -2.11. The average molecular weight is 631 g/mol. The molecule has 0 radical (unpaired) electrons. The maximum absolute atomic E-state index is 4.62. The van der Waals surface area contributed by atoms with Gasteiger partial charge in [-0.1, -0.05) is 115 Å². The van der Waals surface area contributed by atoms with Crippen LogP contribution in [0.1, 0.15) is 0 Å². The van der Waals surface area contributed by atoms with Gasteiger partial charge in [0, 0.05) is 48.7 Å². The van der Waals surface area contributed by atoms with Crippen molar-refractivity contribution in [2.45, 2.75) is 0 Å². The molecule has 0 aliphatic rings. The minimum atomic E-state index is 1.03. The van der Waals surface area contributed by atoms with Crippen molar-refractivity contribution in [3.05, 3.63) is 182 Å². The van der Waals surface area contributed by atoms with E-state index in [4.69, 9.17) is 0 Å². The number of fused-ring (bicyclic) bond motifs is 4. The number of para-hydroxylation sites is 1. The van der Waals surface area contributed by atoms with Crippen LogP contribution in [-0.2, 0) is 0 Å². The van der Waals surface area contributed by atoms with E-state index >= 15 is 0 Å². The Hall–Kier alpha value is -6.03. The van der Waals surface area contributed by atoms with Gasteiger partial charge >= 0.3 is 0 Å². The molecule has 0 atom stereocenters. The third-order valence-corrected chi connectivity index (χ3v) is 10.2. The predicted octanol–water partition coefficient (Wildman–Crippen LogP) is 13.1. The summed E-state index contributed by atoms with van der Waals surface area (Å²) in [5.74, 6) is 0. The molecule has 0 bridgehead atoms. The maximum atomic E-state index is 4.62. The number of anilines is 3. The summed E-state index contributed by atoms with van der Waals surface area (Å²) in [5, 5.41) is 3.73. The highest BCUT2D eigenvalue weighted by atomic mass is 32.1. The Morgan fingerprint density at radius 3 is 1.73 bits per heavy atom. The van der Waals surface area contributed by atoms with Crippen LogP contribution in [0.2, 0.25) is 0 Å². The average Bonchev–Trinajstić information content (AvgIpc) is 3.52. The van der Waals surface area contributed by atoms with Gasteiger partial charge in [-0.15, -0.1) is 11.3 Å². The van der Waals surface area contributed by atoms with Crippen LogP contribution in [0, 0.1) is 0 Å². The first kappa shape index (κ1) is 28.2. The molecule has 0 saturated carbocycles. The zero-order valence-corrected chi connectivity index (χ0v) is 26.9. The van der Waals surface area contributed by atoms with Gasteiger partial charge in [-0.25, -0.2) is 0 Å². The van der Waals surface area contributed by atoms with Crippen molar-refractivity contribution in [3.8, 4) is 33.4 Å². The van der Waals surface area contributed by atoms with Gasteiger partial charge in [-0.05, 0) is 88.5 Å². The second kappa shape index (κ2) is 12.0. The number of hydrogen-bond acceptors (Lipinski definition) is 3. The van der Waals surface area contributed by atoms with E-state index in [1.54, 1.807) is 0 Å². The van der Waals surface area contributed by atoms with Gasteiger partial charge in [0.2, 0.25) is 0 Å². The van der Waals surface area contributed by atoms with Crippen LogP contribution < -0.4 is 4.90 Å². The van der Waals surface area contributed by atoms with Gasteiger partial charge in [0.05, 0.1) is 11.2 Å². The van der Waals surface area contributed by atoms with E-state index in [-0.39, 0.29) is 0 Å². The highest BCUT2D eigenvalue weighted by Gasteiger charge is 2.18. The second-order valence-electron chi connectivity index (χ2n) is 12.0. The summed E-state index contributed by atoms with van der Waals surface area (Å²) >= 11 is 1.85. The van der Waals surface area contributed by atoms with Crippen LogP contribution in [0.4, 0.5) is 17.1 Å². The SMILES string of the molecule is c1ccc(-c2ccc(N(c3ccc(-c4ccc5sc6cc7cccnc7cc6c5c4)cc3)c3ccccc3-c3ccccc3)cc2)cc1. The molecule has 0 amide bonds. The molecule has 9 rings (SSSR count). The van der Waals surface area contributed by atoms with Crippen molar-refractivity contribution in [3.63, 3.8) is 0 Å². The predicted molar refractivity (Wildman–Crippen MR) is 206 cm³/mol. The number of pyridine rings is 1. The zero-order valence-electron chi connectivity index (χ0n) is 26.1. The first-order valence-corrected chi connectivity index (χ1v) is 17.0. The summed E-state index contributed by atoms with van der Waals surface area (Å²) in [4.78, 5) is 6.99. The third kappa shape index (κ3) is 5.11. The van der Waals surface area contributed by atoms with E-state index in [0.29, 0.717) is 0 Å². The quantitative estimate of drug-likeness (QED) is 0.182. The Balaban J connectivity index is 1.14. The molecule has 9 aromatic rings. The largest absolute Gasteiger partial charge is 0.310 e. The molecule has 226 valence electrons. The van der Waals surface area contributed by atoms with Gasteiger partial charge in [-0.2, -0.15) is 0 Å². The van der Waals surface area contributed by atoms with Crippen LogP contribution in [0.3, 0.4) is 0 Å². The summed E-state index contributed by atoms with van der Waals surface area (Å²) in [5.41, 5.74) is 11.6. The van der Waals surface area contributed by atoms with Crippen molar-refractivity contribution >= 4 is 59.5 Å². The fraction of sp³-hybridized carbons (Fsp3) is 0. The van der Waals surface area contributed by atoms with Crippen LogP contribution in [0.5, 0.6) is 0 Å². The highest BCUT2D eigenvalue weighted by Crippen LogP contribution is 2.42. The van der Waals surface area contributed by atoms with Crippen LogP contribution >= 0.6 is 11.3 Å². The van der Waals surface area contributed by atoms with E-state index < -0.39 is 0 Å². The van der Waals surface area contributed by atoms with Crippen molar-refractivity contribution in [2.24, 2.45) is 0 Å². The summed E-state index contributed by atoms with van der Waals surface area (Å²) in [6, 6.07) is 63.2. The topological polar surface area (TPSA) is 16.1 Å². The molecule has 48 heavy (non-hydrogen) atoms. The molecule has 0 fully saturated rings. The third-order valence-electron chi connectivity index (χ3n) is 9.12. The van der Waals surface area contributed by atoms with Gasteiger partial charge < -0.3 is 4.90 Å². The Labute approximate surface area is 283 Å². The lowest BCUT2D eigenvalue weighted by molar-refractivity contribution is 1.28. The minimum Gasteiger partial charge on any atom is -0.310 e. The molecule has 0 aliphatic heterocycles. The monoisotopic (exact) mass is 630 g/mol. The van der Waals surface area contributed by atoms with Crippen LogP contribution in [0.25, 0.3) is 64.5 Å². The van der Waals surface area contributed by atoms with Crippen LogP contribution in [-0.4, -0.2) is 4.98 Å². The lowest BCUT2D eigenvalue weighted by atomic mass is 10.00. The van der Waals surface area contributed by atoms with E-state index in [1.807, 2.05) is 23.6 Å². The van der Waals surface area contributed by atoms with Gasteiger partial charge in [-0.3, -0.25) is 4.98 Å². The molecule has 0 saturated heterocycles. The van der Waals surface area contributed by atoms with Crippen molar-refractivity contribution < 1.29 is 0 Å². The Kier molecular flexibility index (Phi) is 7.03. The molecule has 2 aromatic heterocycles. The Morgan fingerprint density at radius 2 is 1.00 bits per heavy atom. The zero-order chi connectivity index (χ0) is 31.9. The van der Waals surface area contributed by atoms with Crippen molar-refractivity contribution in [1.29, 1.82) is 0 Å². The molecule has 3 heteroatoms. The molecule has 0 N–H and O–H groups in total. The Bertz CT molecular complexity index is 2540. The lowest BCUT2D eigenvalue weighted by Gasteiger charge is -2.28. The number of hydrogen-bond donors (Lipinski definition) is 0. The summed E-state index contributed by atoms with van der Waals surface area (Å²) in [6.07, 6.45) is 1.87. The van der Waals surface area contributed by atoms with Crippen molar-refractivity contribution in [1.82, 2.24) is 4.98 Å². The molecular formula is C45H30N2S. The van der Waals surface area contributed by atoms with Gasteiger partial charge in [0.15, 0.2) is 0 Å². The maximum Gasteiger partial charge on any atom is 0.0709 e. The molecule has 0 unspecified atom stereocenters. The number of aromatic nitrogens is 1. The second-order valence-corrected chi connectivity index (χ2v) is 13.1. The first-order chi connectivity index (χ1) is 23.8. The molecule has 0 aliphatic carbocycles. The number of nitrogens with zero attached hydrogens (tertiary/aromatic N) is 2. The summed E-state index contributed by atoms with van der Waals surface area (Å²) in [6.45, 7) is 0. The summed E-state index contributed by atoms with van der Waals surface area (Å²) < 4.78 is 2.59. The van der Waals surface area contributed by atoms with E-state index in [9.17, 15) is 0 Å².